The van der Waals surface area contributed by atoms with Crippen LogP contribution in [0.25, 0.3) is 0 Å². The van der Waals surface area contributed by atoms with Gasteiger partial charge >= 0.3 is 5.97 Å². The Morgan fingerprint density at radius 2 is 1.95 bits per heavy atom. The van der Waals surface area contributed by atoms with Crippen LogP contribution in [-0.2, 0) is 16.0 Å². The van der Waals surface area contributed by atoms with Crippen LogP contribution in [0.2, 0.25) is 0 Å². The lowest BCUT2D eigenvalue weighted by Gasteiger charge is -2.21. The van der Waals surface area contributed by atoms with Crippen molar-refractivity contribution in [2.24, 2.45) is 0 Å². The number of aliphatic hydroxyl groups is 1. The second-order valence-electron chi connectivity index (χ2n) is 5.97. The topological polar surface area (TPSA) is 102 Å². The van der Waals surface area contributed by atoms with Gasteiger partial charge in [0, 0.05) is 18.2 Å². The molecule has 0 aliphatic heterocycles. The fourth-order valence-corrected chi connectivity index (χ4v) is 1.84. The second-order valence-corrected chi connectivity index (χ2v) is 5.97. The first-order valence-corrected chi connectivity index (χ1v) is 7.00. The molecule has 0 aliphatic rings. The number of rotatable bonds is 7. The van der Waals surface area contributed by atoms with E-state index in [9.17, 15) is 20.0 Å². The van der Waals surface area contributed by atoms with Crippen molar-refractivity contribution in [1.29, 1.82) is 0 Å². The number of hydrogen-bond donors (Lipinski definition) is 2. The predicted molar refractivity (Wildman–Crippen MR) is 81.5 cm³/mol. The van der Waals surface area contributed by atoms with Gasteiger partial charge in [-0.3, -0.25) is 14.9 Å². The number of benzene rings is 1. The summed E-state index contributed by atoms with van der Waals surface area (Å²) in [5, 5.41) is 22.9. The summed E-state index contributed by atoms with van der Waals surface area (Å²) in [7, 11) is 0. The Hall–Kier alpha value is -1.99. The molecule has 0 fully saturated rings. The molecular weight excluding hydrogens is 288 g/mol. The highest BCUT2D eigenvalue weighted by Gasteiger charge is 2.17. The Bertz CT molecular complexity index is 508. The van der Waals surface area contributed by atoms with E-state index in [4.69, 9.17) is 4.74 Å². The van der Waals surface area contributed by atoms with Crippen molar-refractivity contribution in [2.45, 2.75) is 38.8 Å². The molecule has 1 aromatic carbocycles. The van der Waals surface area contributed by atoms with E-state index < -0.39 is 16.5 Å². The molecule has 0 bridgehead atoms. The molecule has 7 nitrogen and oxygen atoms in total. The van der Waals surface area contributed by atoms with Crippen molar-refractivity contribution in [3.63, 3.8) is 0 Å². The lowest BCUT2D eigenvalue weighted by Crippen LogP contribution is -2.40. The predicted octanol–water partition coefficient (Wildman–Crippen LogP) is 1.43. The summed E-state index contributed by atoms with van der Waals surface area (Å²) in [6.07, 6.45) is 0.456. The summed E-state index contributed by atoms with van der Waals surface area (Å²) in [5.74, 6) is -0.394. The van der Waals surface area contributed by atoms with E-state index in [1.807, 2.05) is 0 Å². The van der Waals surface area contributed by atoms with Gasteiger partial charge in [-0.1, -0.05) is 12.1 Å². The fourth-order valence-electron chi connectivity index (χ4n) is 1.84. The monoisotopic (exact) mass is 310 g/mol. The van der Waals surface area contributed by atoms with Gasteiger partial charge in [0.15, 0.2) is 0 Å². The molecule has 0 saturated carbocycles. The zero-order valence-electron chi connectivity index (χ0n) is 13.0. The summed E-state index contributed by atoms with van der Waals surface area (Å²) in [5.41, 5.74) is 0.304. The van der Waals surface area contributed by atoms with Crippen LogP contribution < -0.4 is 5.32 Å². The highest BCUT2D eigenvalue weighted by Crippen LogP contribution is 2.13. The largest absolute Gasteiger partial charge is 0.459 e. The van der Waals surface area contributed by atoms with Crippen LogP contribution in [-0.4, -0.2) is 40.8 Å². The van der Waals surface area contributed by atoms with Crippen molar-refractivity contribution >= 4 is 11.7 Å². The first-order chi connectivity index (χ1) is 10.2. The summed E-state index contributed by atoms with van der Waals surface area (Å²) >= 11 is 0. The van der Waals surface area contributed by atoms with E-state index in [0.717, 1.165) is 5.56 Å². The van der Waals surface area contributed by atoms with Gasteiger partial charge in [0.2, 0.25) is 0 Å². The molecule has 7 heteroatoms. The van der Waals surface area contributed by atoms with Crippen LogP contribution in [0, 0.1) is 10.1 Å². The van der Waals surface area contributed by atoms with Gasteiger partial charge in [-0.25, -0.2) is 0 Å². The maximum absolute atomic E-state index is 11.6. The number of non-ortho nitro benzene ring substituents is 1. The maximum Gasteiger partial charge on any atom is 0.320 e. The highest BCUT2D eigenvalue weighted by atomic mass is 16.6. The Morgan fingerprint density at radius 1 is 1.36 bits per heavy atom. The van der Waals surface area contributed by atoms with Gasteiger partial charge in [0.1, 0.15) is 5.60 Å². The molecule has 22 heavy (non-hydrogen) atoms. The van der Waals surface area contributed by atoms with Gasteiger partial charge < -0.3 is 15.2 Å². The smallest absolute Gasteiger partial charge is 0.320 e. The molecular formula is C15H22N2O5. The minimum Gasteiger partial charge on any atom is -0.459 e. The maximum atomic E-state index is 11.6. The Morgan fingerprint density at radius 3 is 2.41 bits per heavy atom. The Labute approximate surface area is 129 Å². The number of carbonyl (C=O) groups excluding carboxylic acids is 1. The standard InChI is InChI=1S/C15H22N2O5/c1-15(2,3)22-14(19)9-16-12(10-18)8-11-4-6-13(7-5-11)17(20)21/h4-7,12,16,18H,8-10H2,1-3H3/t12-/m0/s1. The molecule has 1 rings (SSSR count). The van der Waals surface area contributed by atoms with Crippen molar-refractivity contribution < 1.29 is 19.6 Å². The number of esters is 1. The number of nitro groups is 1. The molecule has 1 atom stereocenters. The molecule has 0 heterocycles. The fraction of sp³-hybridized carbons (Fsp3) is 0.533. The van der Waals surface area contributed by atoms with E-state index in [-0.39, 0.29) is 24.9 Å². The first kappa shape index (κ1) is 18.1. The van der Waals surface area contributed by atoms with E-state index >= 15 is 0 Å². The number of nitro benzene ring substituents is 1. The van der Waals surface area contributed by atoms with Crippen LogP contribution in [0.15, 0.2) is 24.3 Å². The summed E-state index contributed by atoms with van der Waals surface area (Å²) in [4.78, 5) is 21.7. The molecule has 0 aromatic heterocycles. The van der Waals surface area contributed by atoms with Crippen LogP contribution in [0.3, 0.4) is 0 Å². The average molecular weight is 310 g/mol. The third kappa shape index (κ3) is 6.64. The van der Waals surface area contributed by atoms with E-state index in [1.54, 1.807) is 32.9 Å². The molecule has 0 aliphatic carbocycles. The van der Waals surface area contributed by atoms with Crippen molar-refractivity contribution in [3.8, 4) is 0 Å². The zero-order chi connectivity index (χ0) is 16.8. The number of ether oxygens (including phenoxy) is 1. The van der Waals surface area contributed by atoms with E-state index in [0.29, 0.717) is 6.42 Å². The lowest BCUT2D eigenvalue weighted by molar-refractivity contribution is -0.384. The van der Waals surface area contributed by atoms with Crippen LogP contribution >= 0.6 is 0 Å². The minimum absolute atomic E-state index is 0.00449. The molecule has 2 N–H and O–H groups in total. The number of aliphatic hydroxyl groups excluding tert-OH is 1. The van der Waals surface area contributed by atoms with Crippen LogP contribution in [0.5, 0.6) is 0 Å². The highest BCUT2D eigenvalue weighted by molar-refractivity contribution is 5.72. The van der Waals surface area contributed by atoms with Crippen molar-refractivity contribution in [1.82, 2.24) is 5.32 Å². The molecule has 122 valence electrons. The van der Waals surface area contributed by atoms with Gasteiger partial charge in [0.05, 0.1) is 18.1 Å². The number of nitrogens with one attached hydrogen (secondary N) is 1. The molecule has 0 unspecified atom stereocenters. The molecule has 0 amide bonds. The lowest BCUT2D eigenvalue weighted by atomic mass is 10.1. The van der Waals surface area contributed by atoms with Crippen molar-refractivity contribution in [2.75, 3.05) is 13.2 Å². The average Bonchev–Trinajstić information content (AvgIpc) is 2.42. The van der Waals surface area contributed by atoms with Gasteiger partial charge in [-0.2, -0.15) is 0 Å². The van der Waals surface area contributed by atoms with Gasteiger partial charge in [0.25, 0.3) is 5.69 Å². The van der Waals surface area contributed by atoms with Crippen LogP contribution in [0.1, 0.15) is 26.3 Å². The minimum atomic E-state index is -0.550. The second kappa shape index (κ2) is 7.86. The molecule has 0 radical (unpaired) electrons. The third-order valence-electron chi connectivity index (χ3n) is 2.80. The summed E-state index contributed by atoms with van der Waals surface area (Å²) in [6, 6.07) is 5.77. The number of hydrogen-bond acceptors (Lipinski definition) is 6. The molecule has 1 aromatic rings. The first-order valence-electron chi connectivity index (χ1n) is 7.00. The normalized spacial score (nSPS) is 12.7. The summed E-state index contributed by atoms with van der Waals surface area (Å²) < 4.78 is 5.17. The quantitative estimate of drug-likeness (QED) is 0.449. The van der Waals surface area contributed by atoms with E-state index in [2.05, 4.69) is 5.32 Å². The van der Waals surface area contributed by atoms with E-state index in [1.165, 1.54) is 12.1 Å². The molecule has 0 saturated heterocycles. The zero-order valence-corrected chi connectivity index (χ0v) is 13.0. The number of carbonyl (C=O) groups is 1. The SMILES string of the molecule is CC(C)(C)OC(=O)CN[C@H](CO)Cc1ccc([N+](=O)[O-])cc1. The Kier molecular flexibility index (Phi) is 6.45. The Balaban J connectivity index is 2.51. The van der Waals surface area contributed by atoms with Gasteiger partial charge in [-0.05, 0) is 32.8 Å². The third-order valence-corrected chi connectivity index (χ3v) is 2.80. The van der Waals surface area contributed by atoms with Crippen molar-refractivity contribution in [3.05, 3.63) is 39.9 Å². The number of nitrogens with zero attached hydrogens (tertiary/aromatic N) is 1. The summed E-state index contributed by atoms with van der Waals surface area (Å²) in [6.45, 7) is 5.19. The van der Waals surface area contributed by atoms with Crippen LogP contribution in [0.4, 0.5) is 5.69 Å². The molecule has 0 spiro atoms. The van der Waals surface area contributed by atoms with Gasteiger partial charge in [-0.15, -0.1) is 0 Å².